The van der Waals surface area contributed by atoms with Gasteiger partial charge in [-0.15, -0.1) is 0 Å². The number of aryl methyl sites for hydroxylation is 4. The zero-order chi connectivity index (χ0) is 15.6. The van der Waals surface area contributed by atoms with Crippen molar-refractivity contribution in [2.45, 2.75) is 34.1 Å². The van der Waals surface area contributed by atoms with Gasteiger partial charge in [-0.3, -0.25) is 4.79 Å². The fourth-order valence-electron chi connectivity index (χ4n) is 2.24. The average Bonchev–Trinajstić information content (AvgIpc) is 2.40. The van der Waals surface area contributed by atoms with E-state index < -0.39 is 0 Å². The van der Waals surface area contributed by atoms with Gasteiger partial charge in [0.15, 0.2) is 0 Å². The third-order valence-electron chi connectivity index (χ3n) is 3.88. The fourth-order valence-corrected chi connectivity index (χ4v) is 2.24. The normalized spacial score (nSPS) is 10.5. The molecule has 0 fully saturated rings. The van der Waals surface area contributed by atoms with Gasteiger partial charge in [0.05, 0.1) is 17.8 Å². The summed E-state index contributed by atoms with van der Waals surface area (Å²) < 4.78 is 0. The van der Waals surface area contributed by atoms with Crippen molar-refractivity contribution in [3.05, 3.63) is 58.1 Å². The molecule has 0 aromatic heterocycles. The van der Waals surface area contributed by atoms with Crippen molar-refractivity contribution in [3.63, 3.8) is 0 Å². The third-order valence-corrected chi connectivity index (χ3v) is 3.88. The van der Waals surface area contributed by atoms with Crippen molar-refractivity contribution in [3.8, 4) is 0 Å². The van der Waals surface area contributed by atoms with Gasteiger partial charge in [-0.2, -0.15) is 0 Å². The first-order chi connectivity index (χ1) is 9.86. The highest BCUT2D eigenvalue weighted by atomic mass is 16.1. The molecule has 0 aliphatic heterocycles. The molecule has 3 nitrogen and oxygen atoms in total. The number of hydrogen-bond acceptors (Lipinski definition) is 2. The smallest absolute Gasteiger partial charge is 0.228 e. The maximum Gasteiger partial charge on any atom is 0.228 e. The van der Waals surface area contributed by atoms with Crippen molar-refractivity contribution in [1.29, 1.82) is 0 Å². The monoisotopic (exact) mass is 282 g/mol. The number of nitrogens with two attached hydrogens (primary N) is 1. The van der Waals surface area contributed by atoms with E-state index in [0.717, 1.165) is 16.7 Å². The minimum atomic E-state index is -0.0480. The lowest BCUT2D eigenvalue weighted by Crippen LogP contribution is -2.16. The van der Waals surface area contributed by atoms with Crippen LogP contribution in [0.3, 0.4) is 0 Å². The summed E-state index contributed by atoms with van der Waals surface area (Å²) >= 11 is 0. The molecular weight excluding hydrogens is 260 g/mol. The Bertz CT molecular complexity index is 690. The Labute approximate surface area is 126 Å². The number of hydrogen-bond donors (Lipinski definition) is 2. The summed E-state index contributed by atoms with van der Waals surface area (Å²) in [7, 11) is 0. The van der Waals surface area contributed by atoms with Crippen molar-refractivity contribution in [2.24, 2.45) is 0 Å². The van der Waals surface area contributed by atoms with Crippen molar-refractivity contribution >= 4 is 17.3 Å². The van der Waals surface area contributed by atoms with E-state index in [2.05, 4.69) is 25.2 Å². The molecule has 2 aromatic carbocycles. The zero-order valence-corrected chi connectivity index (χ0v) is 13.1. The van der Waals surface area contributed by atoms with E-state index in [0.29, 0.717) is 17.8 Å². The molecule has 110 valence electrons. The van der Waals surface area contributed by atoms with Crippen molar-refractivity contribution < 1.29 is 4.79 Å². The van der Waals surface area contributed by atoms with Crippen LogP contribution in [0.2, 0.25) is 0 Å². The van der Waals surface area contributed by atoms with Gasteiger partial charge in [-0.05, 0) is 67.6 Å². The van der Waals surface area contributed by atoms with Gasteiger partial charge in [0.25, 0.3) is 0 Å². The number of benzene rings is 2. The predicted octanol–water partition coefficient (Wildman–Crippen LogP) is 3.68. The number of nitrogen functional groups attached to an aromatic ring is 1. The maximum absolute atomic E-state index is 12.2. The molecule has 0 aliphatic rings. The first-order valence-electron chi connectivity index (χ1n) is 7.09. The molecule has 0 saturated carbocycles. The average molecular weight is 282 g/mol. The molecule has 0 spiro atoms. The second-order valence-electron chi connectivity index (χ2n) is 5.67. The van der Waals surface area contributed by atoms with E-state index in [4.69, 9.17) is 5.73 Å². The molecule has 3 N–H and O–H groups in total. The summed E-state index contributed by atoms with van der Waals surface area (Å²) in [5.41, 5.74) is 12.9. The summed E-state index contributed by atoms with van der Waals surface area (Å²) in [5, 5.41) is 2.90. The predicted molar refractivity (Wildman–Crippen MR) is 88.6 cm³/mol. The van der Waals surface area contributed by atoms with Crippen molar-refractivity contribution in [2.75, 3.05) is 11.1 Å². The topological polar surface area (TPSA) is 55.1 Å². The quantitative estimate of drug-likeness (QED) is 0.844. The highest BCUT2D eigenvalue weighted by Crippen LogP contribution is 2.23. The molecule has 0 atom stereocenters. The van der Waals surface area contributed by atoms with Gasteiger partial charge >= 0.3 is 0 Å². The van der Waals surface area contributed by atoms with E-state index in [1.165, 1.54) is 11.1 Å². The van der Waals surface area contributed by atoms with Gasteiger partial charge < -0.3 is 11.1 Å². The first-order valence-corrected chi connectivity index (χ1v) is 7.09. The molecule has 0 bridgehead atoms. The lowest BCUT2D eigenvalue weighted by Gasteiger charge is -2.11. The van der Waals surface area contributed by atoms with Gasteiger partial charge in [-0.25, -0.2) is 0 Å². The Morgan fingerprint density at radius 3 is 2.24 bits per heavy atom. The van der Waals surface area contributed by atoms with E-state index in [-0.39, 0.29) is 5.91 Å². The number of anilines is 2. The van der Waals surface area contributed by atoms with Crippen LogP contribution >= 0.6 is 0 Å². The van der Waals surface area contributed by atoms with Crippen molar-refractivity contribution in [1.82, 2.24) is 0 Å². The second-order valence-corrected chi connectivity index (χ2v) is 5.67. The van der Waals surface area contributed by atoms with Crippen LogP contribution in [0, 0.1) is 27.7 Å². The standard InChI is InChI=1S/C18H22N2O/c1-11-5-6-15(7-12(11)2)10-18(21)20-17-9-14(4)13(3)8-16(17)19/h5-9H,10,19H2,1-4H3,(H,20,21). The SMILES string of the molecule is Cc1ccc(CC(=O)Nc2cc(C)c(C)cc2N)cc1C. The summed E-state index contributed by atoms with van der Waals surface area (Å²) in [6, 6.07) is 9.90. The zero-order valence-electron chi connectivity index (χ0n) is 13.1. The molecule has 21 heavy (non-hydrogen) atoms. The van der Waals surface area contributed by atoms with Crippen LogP contribution in [-0.4, -0.2) is 5.91 Å². The third kappa shape index (κ3) is 3.63. The Morgan fingerprint density at radius 2 is 1.57 bits per heavy atom. The van der Waals surface area contributed by atoms with Gasteiger partial charge in [-0.1, -0.05) is 18.2 Å². The maximum atomic E-state index is 12.2. The fraction of sp³-hybridized carbons (Fsp3) is 0.278. The lowest BCUT2D eigenvalue weighted by atomic mass is 10.0. The number of carbonyl (C=O) groups excluding carboxylic acids is 1. The minimum Gasteiger partial charge on any atom is -0.397 e. The molecule has 2 aromatic rings. The summed E-state index contributed by atoms with van der Waals surface area (Å²) in [5.74, 6) is -0.0480. The molecule has 0 unspecified atom stereocenters. The van der Waals surface area contributed by atoms with E-state index in [9.17, 15) is 4.79 Å². The first kappa shape index (κ1) is 15.1. The lowest BCUT2D eigenvalue weighted by molar-refractivity contribution is -0.115. The van der Waals surface area contributed by atoms with Crippen LogP contribution < -0.4 is 11.1 Å². The number of rotatable bonds is 3. The molecule has 0 radical (unpaired) electrons. The van der Waals surface area contributed by atoms with E-state index in [1.807, 2.05) is 38.1 Å². The minimum absolute atomic E-state index is 0.0480. The van der Waals surface area contributed by atoms with Gasteiger partial charge in [0.2, 0.25) is 5.91 Å². The summed E-state index contributed by atoms with van der Waals surface area (Å²) in [4.78, 5) is 12.2. The van der Waals surface area contributed by atoms with Crippen LogP contribution in [-0.2, 0) is 11.2 Å². The summed E-state index contributed by atoms with van der Waals surface area (Å²) in [6.07, 6.45) is 0.355. The molecule has 2 rings (SSSR count). The second kappa shape index (κ2) is 6.00. The number of carbonyl (C=O) groups is 1. The Morgan fingerprint density at radius 1 is 0.952 bits per heavy atom. The highest BCUT2D eigenvalue weighted by molar-refractivity contribution is 5.95. The molecule has 0 heterocycles. The van der Waals surface area contributed by atoms with Crippen LogP contribution in [0.25, 0.3) is 0 Å². The molecule has 0 aliphatic carbocycles. The largest absolute Gasteiger partial charge is 0.397 e. The van der Waals surface area contributed by atoms with Gasteiger partial charge in [0.1, 0.15) is 0 Å². The summed E-state index contributed by atoms with van der Waals surface area (Å²) in [6.45, 7) is 8.13. The Balaban J connectivity index is 2.11. The number of amides is 1. The molecular formula is C18H22N2O. The van der Waals surface area contributed by atoms with E-state index >= 15 is 0 Å². The van der Waals surface area contributed by atoms with Crippen LogP contribution in [0.4, 0.5) is 11.4 Å². The van der Waals surface area contributed by atoms with Crippen LogP contribution in [0.15, 0.2) is 30.3 Å². The number of nitrogens with one attached hydrogen (secondary N) is 1. The van der Waals surface area contributed by atoms with E-state index in [1.54, 1.807) is 0 Å². The highest BCUT2D eigenvalue weighted by Gasteiger charge is 2.08. The van der Waals surface area contributed by atoms with Crippen LogP contribution in [0.5, 0.6) is 0 Å². The van der Waals surface area contributed by atoms with Crippen LogP contribution in [0.1, 0.15) is 27.8 Å². The molecule has 3 heteroatoms. The Kier molecular flexibility index (Phi) is 4.32. The Hall–Kier alpha value is -2.29. The molecule has 1 amide bonds. The van der Waals surface area contributed by atoms with Gasteiger partial charge in [0, 0.05) is 0 Å². The molecule has 0 saturated heterocycles.